The summed E-state index contributed by atoms with van der Waals surface area (Å²) in [7, 11) is 0. The maximum atomic E-state index is 12.4. The summed E-state index contributed by atoms with van der Waals surface area (Å²) in [6.45, 7) is 0.775. The first-order valence-corrected chi connectivity index (χ1v) is 9.18. The summed E-state index contributed by atoms with van der Waals surface area (Å²) in [5, 5.41) is 5.58. The molecule has 0 aliphatic carbocycles. The minimum absolute atomic E-state index is 0.0244. The highest BCUT2D eigenvalue weighted by atomic mass is 16.2. The van der Waals surface area contributed by atoms with Crippen molar-refractivity contribution >= 4 is 23.2 Å². The largest absolute Gasteiger partial charge is 0.399 e. The first kappa shape index (κ1) is 19.9. The van der Waals surface area contributed by atoms with Crippen LogP contribution in [0.2, 0.25) is 0 Å². The molecule has 0 unspecified atom stereocenters. The van der Waals surface area contributed by atoms with Crippen molar-refractivity contribution in [1.82, 2.24) is 15.6 Å². The second-order valence-electron chi connectivity index (χ2n) is 6.65. The Bertz CT molecular complexity index is 985. The van der Waals surface area contributed by atoms with Crippen molar-refractivity contribution in [2.75, 3.05) is 11.5 Å². The average molecular weight is 389 g/mol. The molecule has 0 bridgehead atoms. The van der Waals surface area contributed by atoms with Crippen molar-refractivity contribution in [2.24, 2.45) is 0 Å². The summed E-state index contributed by atoms with van der Waals surface area (Å²) in [4.78, 5) is 28.3. The molecule has 7 heteroatoms. The molecule has 2 aromatic carbocycles. The highest BCUT2D eigenvalue weighted by Crippen LogP contribution is 2.14. The molecule has 0 atom stereocenters. The van der Waals surface area contributed by atoms with Crippen LogP contribution in [-0.4, -0.2) is 16.8 Å². The summed E-state index contributed by atoms with van der Waals surface area (Å²) in [5.74, 6) is -0.0244. The molecule has 0 aliphatic heterocycles. The monoisotopic (exact) mass is 389 g/mol. The number of amides is 2. The predicted molar refractivity (Wildman–Crippen MR) is 113 cm³/mol. The first-order valence-electron chi connectivity index (χ1n) is 9.18. The predicted octanol–water partition coefficient (Wildman–Crippen LogP) is 2.67. The number of ketones is 1. The van der Waals surface area contributed by atoms with Crippen LogP contribution in [0.4, 0.5) is 16.2 Å². The third kappa shape index (κ3) is 5.80. The summed E-state index contributed by atoms with van der Waals surface area (Å²) in [5.41, 5.74) is 15.9. The van der Waals surface area contributed by atoms with Crippen LogP contribution in [0, 0.1) is 0 Å². The molecule has 0 saturated heterocycles. The summed E-state index contributed by atoms with van der Waals surface area (Å²) in [6, 6.07) is 15.9. The Morgan fingerprint density at radius 2 is 1.41 bits per heavy atom. The van der Waals surface area contributed by atoms with E-state index < -0.39 is 0 Å². The molecule has 3 aromatic rings. The van der Waals surface area contributed by atoms with Crippen LogP contribution in [0.3, 0.4) is 0 Å². The van der Waals surface area contributed by atoms with Crippen LogP contribution in [0.25, 0.3) is 0 Å². The molecule has 6 N–H and O–H groups in total. The Morgan fingerprint density at radius 1 is 0.828 bits per heavy atom. The third-order valence-corrected chi connectivity index (χ3v) is 4.46. The van der Waals surface area contributed by atoms with E-state index in [9.17, 15) is 9.59 Å². The van der Waals surface area contributed by atoms with Gasteiger partial charge in [-0.25, -0.2) is 4.79 Å². The number of hydrogen-bond donors (Lipinski definition) is 4. The normalized spacial score (nSPS) is 10.3. The smallest absolute Gasteiger partial charge is 0.315 e. The minimum atomic E-state index is -0.268. The lowest BCUT2D eigenvalue weighted by molar-refractivity contribution is 0.0993. The summed E-state index contributed by atoms with van der Waals surface area (Å²) >= 11 is 0. The molecule has 29 heavy (non-hydrogen) atoms. The van der Waals surface area contributed by atoms with Gasteiger partial charge < -0.3 is 22.1 Å². The number of urea groups is 1. The maximum Gasteiger partial charge on any atom is 0.315 e. The van der Waals surface area contributed by atoms with E-state index in [2.05, 4.69) is 15.6 Å². The number of anilines is 2. The molecule has 0 spiro atoms. The van der Waals surface area contributed by atoms with E-state index in [1.807, 2.05) is 24.3 Å². The maximum absolute atomic E-state index is 12.4. The average Bonchev–Trinajstić information content (AvgIpc) is 2.74. The first-order chi connectivity index (χ1) is 14.0. The van der Waals surface area contributed by atoms with E-state index in [1.165, 1.54) is 6.20 Å². The number of nitrogens with one attached hydrogen (secondary N) is 2. The Hall–Kier alpha value is -3.87. The molecule has 148 valence electrons. The SMILES string of the molecule is Nc1ccc(CNC(=O)NCc2ccc(C(=O)Cc3ccncc3N)cc2)cc1. The zero-order valence-electron chi connectivity index (χ0n) is 15.9. The van der Waals surface area contributed by atoms with Crippen molar-refractivity contribution in [3.05, 3.63) is 89.2 Å². The van der Waals surface area contributed by atoms with Gasteiger partial charge in [0.25, 0.3) is 0 Å². The summed E-state index contributed by atoms with van der Waals surface area (Å²) in [6.07, 6.45) is 3.38. The molecule has 0 saturated carbocycles. The molecule has 1 aromatic heterocycles. The van der Waals surface area contributed by atoms with Gasteiger partial charge in [-0.2, -0.15) is 0 Å². The number of hydrogen-bond acceptors (Lipinski definition) is 5. The van der Waals surface area contributed by atoms with Gasteiger partial charge in [-0.05, 0) is 34.9 Å². The van der Waals surface area contributed by atoms with Crippen molar-refractivity contribution in [2.45, 2.75) is 19.5 Å². The second kappa shape index (κ2) is 9.36. The number of rotatable bonds is 7. The van der Waals surface area contributed by atoms with Crippen LogP contribution in [0.1, 0.15) is 27.0 Å². The van der Waals surface area contributed by atoms with Gasteiger partial charge in [0.1, 0.15) is 0 Å². The van der Waals surface area contributed by atoms with Gasteiger partial charge in [-0.1, -0.05) is 36.4 Å². The van der Waals surface area contributed by atoms with Gasteiger partial charge in [0.2, 0.25) is 0 Å². The van der Waals surface area contributed by atoms with Gasteiger partial charge >= 0.3 is 6.03 Å². The standard InChI is InChI=1S/C22H23N5O2/c23-19-7-3-16(4-8-19)13-27-22(29)26-12-15-1-5-17(6-2-15)21(28)11-18-9-10-25-14-20(18)24/h1-10,14H,11-13,23-24H2,(H2,26,27,29). The van der Waals surface area contributed by atoms with Gasteiger partial charge in [0.15, 0.2) is 5.78 Å². The van der Waals surface area contributed by atoms with E-state index in [0.717, 1.165) is 16.7 Å². The fourth-order valence-corrected chi connectivity index (χ4v) is 2.74. The number of aromatic nitrogens is 1. The lowest BCUT2D eigenvalue weighted by Gasteiger charge is -2.09. The quantitative estimate of drug-likeness (QED) is 0.365. The van der Waals surface area contributed by atoms with Crippen LogP contribution < -0.4 is 22.1 Å². The molecule has 0 aliphatic rings. The zero-order chi connectivity index (χ0) is 20.6. The van der Waals surface area contributed by atoms with Crippen LogP contribution in [0.15, 0.2) is 67.0 Å². The van der Waals surface area contributed by atoms with Crippen molar-refractivity contribution in [1.29, 1.82) is 0 Å². The lowest BCUT2D eigenvalue weighted by atomic mass is 10.0. The molecule has 3 rings (SSSR count). The Labute approximate surface area is 169 Å². The number of nitrogens with zero attached hydrogens (tertiary/aromatic N) is 1. The number of nitrogen functional groups attached to an aromatic ring is 2. The molecular formula is C22H23N5O2. The van der Waals surface area contributed by atoms with E-state index >= 15 is 0 Å². The van der Waals surface area contributed by atoms with Crippen LogP contribution in [0.5, 0.6) is 0 Å². The van der Waals surface area contributed by atoms with Crippen molar-refractivity contribution in [3.8, 4) is 0 Å². The topological polar surface area (TPSA) is 123 Å². The fourth-order valence-electron chi connectivity index (χ4n) is 2.74. The van der Waals surface area contributed by atoms with E-state index in [1.54, 1.807) is 36.5 Å². The molecule has 2 amide bonds. The Kier molecular flexibility index (Phi) is 6.42. The van der Waals surface area contributed by atoms with Gasteiger partial charge in [0.05, 0.1) is 11.9 Å². The number of carbonyl (C=O) groups excluding carboxylic acids is 2. The zero-order valence-corrected chi connectivity index (χ0v) is 15.9. The van der Waals surface area contributed by atoms with E-state index in [4.69, 9.17) is 11.5 Å². The molecule has 0 radical (unpaired) electrons. The number of carbonyl (C=O) groups is 2. The van der Waals surface area contributed by atoms with Gasteiger partial charge in [0, 0.05) is 37.0 Å². The lowest BCUT2D eigenvalue weighted by Crippen LogP contribution is -2.34. The Balaban J connectivity index is 1.47. The van der Waals surface area contributed by atoms with E-state index in [-0.39, 0.29) is 18.2 Å². The second-order valence-corrected chi connectivity index (χ2v) is 6.65. The molecule has 1 heterocycles. The Morgan fingerprint density at radius 3 is 2.00 bits per heavy atom. The molecule has 7 nitrogen and oxygen atoms in total. The summed E-state index contributed by atoms with van der Waals surface area (Å²) < 4.78 is 0. The molecular weight excluding hydrogens is 366 g/mol. The van der Waals surface area contributed by atoms with Gasteiger partial charge in [-0.15, -0.1) is 0 Å². The highest BCUT2D eigenvalue weighted by Gasteiger charge is 2.09. The number of benzene rings is 2. The highest BCUT2D eigenvalue weighted by molar-refractivity contribution is 5.98. The molecule has 0 fully saturated rings. The van der Waals surface area contributed by atoms with Crippen molar-refractivity contribution in [3.63, 3.8) is 0 Å². The number of nitrogens with two attached hydrogens (primary N) is 2. The third-order valence-electron chi connectivity index (χ3n) is 4.46. The van der Waals surface area contributed by atoms with Gasteiger partial charge in [-0.3, -0.25) is 9.78 Å². The van der Waals surface area contributed by atoms with Crippen molar-refractivity contribution < 1.29 is 9.59 Å². The number of pyridine rings is 1. The van der Waals surface area contributed by atoms with Crippen LogP contribution in [-0.2, 0) is 19.5 Å². The number of Topliss-reactive ketones (excluding diaryl/α,β-unsaturated/α-hetero) is 1. The van der Waals surface area contributed by atoms with Crippen LogP contribution >= 0.6 is 0 Å². The minimum Gasteiger partial charge on any atom is -0.399 e. The fraction of sp³-hybridized carbons (Fsp3) is 0.136. The van der Waals surface area contributed by atoms with E-state index in [0.29, 0.717) is 30.0 Å².